The van der Waals surface area contributed by atoms with Crippen molar-refractivity contribution in [1.29, 1.82) is 0 Å². The van der Waals surface area contributed by atoms with Crippen LogP contribution in [0.5, 0.6) is 0 Å². The minimum absolute atomic E-state index is 0.0356. The first kappa shape index (κ1) is 18.9. The van der Waals surface area contributed by atoms with E-state index in [-0.39, 0.29) is 33.9 Å². The summed E-state index contributed by atoms with van der Waals surface area (Å²) in [5.41, 5.74) is 0.258. The first-order chi connectivity index (χ1) is 12.5. The number of carbonyl (C=O) groups excluding carboxylic acids is 1. The van der Waals surface area contributed by atoms with Crippen LogP contribution in [0.3, 0.4) is 0 Å². The van der Waals surface area contributed by atoms with Gasteiger partial charge >= 0.3 is 0 Å². The van der Waals surface area contributed by atoms with Crippen molar-refractivity contribution in [2.75, 3.05) is 0 Å². The van der Waals surface area contributed by atoms with E-state index in [1.165, 1.54) is 24.2 Å². The maximum atomic E-state index is 13.8. The Balaban J connectivity index is 1.60. The van der Waals surface area contributed by atoms with E-state index in [1.54, 1.807) is 18.2 Å². The van der Waals surface area contributed by atoms with Gasteiger partial charge in [-0.2, -0.15) is 0 Å². The lowest BCUT2D eigenvalue weighted by Gasteiger charge is -2.35. The molecule has 1 saturated carbocycles. The molecular weight excluding hydrogens is 353 g/mol. The summed E-state index contributed by atoms with van der Waals surface area (Å²) in [4.78, 5) is 12.5. The average molecular weight is 377 g/mol. The summed E-state index contributed by atoms with van der Waals surface area (Å²) in [6.45, 7) is 6.25. The summed E-state index contributed by atoms with van der Waals surface area (Å²) in [6.07, 6.45) is 3.39. The summed E-state index contributed by atoms with van der Waals surface area (Å²) in [6, 6.07) is 6.45. The third-order valence-electron chi connectivity index (χ3n) is 5.19. The van der Waals surface area contributed by atoms with Crippen molar-refractivity contribution in [3.63, 3.8) is 0 Å². The molecule has 0 radical (unpaired) electrons. The number of halogens is 1. The lowest BCUT2D eigenvalue weighted by Crippen LogP contribution is -2.46. The molecule has 0 spiro atoms. The molecule has 0 unspecified atom stereocenters. The number of rotatable bonds is 5. The van der Waals surface area contributed by atoms with Crippen molar-refractivity contribution < 1.29 is 13.6 Å². The molecule has 3 rings (SSSR count). The molecule has 1 amide bonds. The molecule has 7 heteroatoms. The van der Waals surface area contributed by atoms with E-state index in [9.17, 15) is 9.18 Å². The van der Waals surface area contributed by atoms with E-state index in [2.05, 4.69) is 29.4 Å². The lowest BCUT2D eigenvalue weighted by atomic mass is 9.78. The molecule has 1 aliphatic rings. The van der Waals surface area contributed by atoms with Crippen LogP contribution in [0.2, 0.25) is 0 Å². The van der Waals surface area contributed by atoms with Gasteiger partial charge < -0.3 is 9.73 Å². The molecule has 1 heterocycles. The number of benzene rings is 1. The van der Waals surface area contributed by atoms with Crippen molar-refractivity contribution in [2.45, 2.75) is 56.5 Å². The highest BCUT2D eigenvalue weighted by Crippen LogP contribution is 2.31. The average Bonchev–Trinajstić information content (AvgIpc) is 3.07. The number of nitrogens with one attached hydrogen (secondary N) is 1. The Morgan fingerprint density at radius 1 is 1.31 bits per heavy atom. The number of aromatic nitrogens is 2. The van der Waals surface area contributed by atoms with Gasteiger partial charge in [-0.05, 0) is 37.3 Å². The molecule has 1 aromatic heterocycles. The Hall–Kier alpha value is -1.89. The van der Waals surface area contributed by atoms with E-state index in [0.29, 0.717) is 11.8 Å². The molecule has 0 aliphatic heterocycles. The fourth-order valence-electron chi connectivity index (χ4n) is 3.29. The Bertz CT molecular complexity index is 767. The van der Waals surface area contributed by atoms with Gasteiger partial charge in [-0.25, -0.2) is 4.39 Å². The van der Waals surface area contributed by atoms with Crippen LogP contribution in [-0.2, 0) is 4.79 Å². The molecule has 2 aromatic rings. The van der Waals surface area contributed by atoms with Crippen LogP contribution in [0.1, 0.15) is 40.0 Å². The second-order valence-corrected chi connectivity index (χ2v) is 8.29. The van der Waals surface area contributed by atoms with Crippen molar-refractivity contribution in [3.8, 4) is 11.5 Å². The van der Waals surface area contributed by atoms with E-state index in [1.807, 2.05) is 6.92 Å². The second-order valence-electron chi connectivity index (χ2n) is 7.00. The van der Waals surface area contributed by atoms with Crippen LogP contribution in [0.15, 0.2) is 33.9 Å². The first-order valence-electron chi connectivity index (χ1n) is 9.01. The molecule has 5 nitrogen and oxygen atoms in total. The Kier molecular flexibility index (Phi) is 5.96. The third-order valence-corrected chi connectivity index (χ3v) is 6.13. The SMILES string of the molecule is C[C@@H]1[C@@H](C)CCC[C@H]1NC(=O)[C@@H](C)Sc1nnc(-c2ccccc2F)o1. The number of hydrogen-bond acceptors (Lipinski definition) is 5. The van der Waals surface area contributed by atoms with Gasteiger partial charge in [0.1, 0.15) is 5.82 Å². The minimum Gasteiger partial charge on any atom is -0.411 e. The summed E-state index contributed by atoms with van der Waals surface area (Å²) in [5, 5.41) is 10.9. The van der Waals surface area contributed by atoms with E-state index >= 15 is 0 Å². The maximum absolute atomic E-state index is 13.8. The zero-order chi connectivity index (χ0) is 18.7. The highest BCUT2D eigenvalue weighted by molar-refractivity contribution is 8.00. The van der Waals surface area contributed by atoms with Crippen LogP contribution in [0.25, 0.3) is 11.5 Å². The number of hydrogen-bond donors (Lipinski definition) is 1. The molecule has 4 atom stereocenters. The molecule has 0 bridgehead atoms. The number of nitrogens with zero attached hydrogens (tertiary/aromatic N) is 2. The van der Waals surface area contributed by atoms with Crippen molar-refractivity contribution >= 4 is 17.7 Å². The van der Waals surface area contributed by atoms with Gasteiger partial charge in [0.2, 0.25) is 5.91 Å². The highest BCUT2D eigenvalue weighted by Gasteiger charge is 2.30. The van der Waals surface area contributed by atoms with Gasteiger partial charge in [0.15, 0.2) is 0 Å². The van der Waals surface area contributed by atoms with Crippen LogP contribution in [-0.4, -0.2) is 27.4 Å². The van der Waals surface area contributed by atoms with Crippen LogP contribution in [0.4, 0.5) is 4.39 Å². The van der Waals surface area contributed by atoms with Crippen LogP contribution >= 0.6 is 11.8 Å². The smallest absolute Gasteiger partial charge is 0.277 e. The van der Waals surface area contributed by atoms with Crippen molar-refractivity contribution in [3.05, 3.63) is 30.1 Å². The van der Waals surface area contributed by atoms with Crippen LogP contribution < -0.4 is 5.32 Å². The maximum Gasteiger partial charge on any atom is 0.277 e. The van der Waals surface area contributed by atoms with E-state index in [0.717, 1.165) is 12.8 Å². The molecule has 0 saturated heterocycles. The van der Waals surface area contributed by atoms with E-state index < -0.39 is 5.82 Å². The van der Waals surface area contributed by atoms with Gasteiger partial charge in [-0.15, -0.1) is 10.2 Å². The topological polar surface area (TPSA) is 68.0 Å². The molecule has 1 fully saturated rings. The predicted octanol–water partition coefficient (Wildman–Crippen LogP) is 4.30. The molecule has 1 aliphatic carbocycles. The van der Waals surface area contributed by atoms with Gasteiger partial charge in [0.05, 0.1) is 10.8 Å². The lowest BCUT2D eigenvalue weighted by molar-refractivity contribution is -0.121. The largest absolute Gasteiger partial charge is 0.411 e. The summed E-state index contributed by atoms with van der Waals surface area (Å²) < 4.78 is 19.3. The van der Waals surface area contributed by atoms with Crippen molar-refractivity contribution in [1.82, 2.24) is 15.5 Å². The monoisotopic (exact) mass is 377 g/mol. The Morgan fingerprint density at radius 2 is 2.08 bits per heavy atom. The molecule has 1 aromatic carbocycles. The molecule has 1 N–H and O–H groups in total. The summed E-state index contributed by atoms with van der Waals surface area (Å²) >= 11 is 1.19. The zero-order valence-electron chi connectivity index (χ0n) is 15.2. The summed E-state index contributed by atoms with van der Waals surface area (Å²) in [5.74, 6) is 0.760. The standard InChI is InChI=1S/C19H24FN3O2S/c1-11-7-6-10-16(12(11)2)21-17(24)13(3)26-19-23-22-18(25-19)14-8-4-5-9-15(14)20/h4-5,8-9,11-13,16H,6-7,10H2,1-3H3,(H,21,24)/t11-,12+,13+,16+/m0/s1. The number of thioether (sulfide) groups is 1. The van der Waals surface area contributed by atoms with Crippen LogP contribution in [0, 0.1) is 17.7 Å². The number of amides is 1. The van der Waals surface area contributed by atoms with E-state index in [4.69, 9.17) is 4.42 Å². The first-order valence-corrected chi connectivity index (χ1v) is 9.89. The number of carbonyl (C=O) groups is 1. The molecular formula is C19H24FN3O2S. The predicted molar refractivity (Wildman–Crippen MR) is 99.1 cm³/mol. The third kappa shape index (κ3) is 4.26. The molecule has 140 valence electrons. The Labute approximate surface area is 157 Å². The molecule has 26 heavy (non-hydrogen) atoms. The van der Waals surface area contributed by atoms with Gasteiger partial charge in [-0.1, -0.05) is 50.6 Å². The summed E-state index contributed by atoms with van der Waals surface area (Å²) in [7, 11) is 0. The van der Waals surface area contributed by atoms with Gasteiger partial charge in [0.25, 0.3) is 11.1 Å². The fraction of sp³-hybridized carbons (Fsp3) is 0.526. The Morgan fingerprint density at radius 3 is 2.85 bits per heavy atom. The van der Waals surface area contributed by atoms with Gasteiger partial charge in [0, 0.05) is 6.04 Å². The highest BCUT2D eigenvalue weighted by atomic mass is 32.2. The zero-order valence-corrected chi connectivity index (χ0v) is 16.1. The second kappa shape index (κ2) is 8.20. The quantitative estimate of drug-likeness (QED) is 0.787. The minimum atomic E-state index is -0.418. The van der Waals surface area contributed by atoms with Crippen molar-refractivity contribution in [2.24, 2.45) is 11.8 Å². The fourth-order valence-corrected chi connectivity index (χ4v) is 3.98. The van der Waals surface area contributed by atoms with Gasteiger partial charge in [-0.3, -0.25) is 4.79 Å². The normalized spacial score (nSPS) is 24.2.